The van der Waals surface area contributed by atoms with Gasteiger partial charge in [-0.2, -0.15) is 0 Å². The number of methoxy groups -OCH3 is 6. The first-order valence-electron chi connectivity index (χ1n) is 48.9. The topological polar surface area (TPSA) is 89.5 Å². The molecule has 0 spiro atoms. The van der Waals surface area contributed by atoms with Gasteiger partial charge in [0.1, 0.15) is 23.0 Å². The van der Waals surface area contributed by atoms with Crippen molar-refractivity contribution in [3.63, 3.8) is 0 Å². The van der Waals surface area contributed by atoms with E-state index < -0.39 is 0 Å². The summed E-state index contributed by atoms with van der Waals surface area (Å²) in [5.41, 5.74) is 6.84. The minimum Gasteiger partial charge on any atom is -0.497 e. The first kappa shape index (κ1) is 155. The summed E-state index contributed by atoms with van der Waals surface area (Å²) in [7, 11) is 13.1. The van der Waals surface area contributed by atoms with E-state index in [4.69, 9.17) is 18.9 Å². The van der Waals surface area contributed by atoms with Gasteiger partial charge in [-0.15, -0.1) is 0 Å². The van der Waals surface area contributed by atoms with E-state index in [0.717, 1.165) is 34.1 Å². The highest BCUT2D eigenvalue weighted by molar-refractivity contribution is 5.94. The number of fused-ring (bicyclic) bond motifs is 2. The summed E-state index contributed by atoms with van der Waals surface area (Å²) in [4.78, 5) is 21.3. The van der Waals surface area contributed by atoms with Crippen LogP contribution in [0.4, 0.5) is 0 Å². The Balaban J connectivity index is -0.0000000973. The van der Waals surface area contributed by atoms with Gasteiger partial charge in [-0.3, -0.25) is 9.59 Å². The molecule has 0 unspecified atom stereocenters. The van der Waals surface area contributed by atoms with Crippen LogP contribution in [0.1, 0.15) is 244 Å². The Labute approximate surface area is 844 Å². The Kier molecular flexibility index (Phi) is 163. The van der Waals surface area contributed by atoms with E-state index in [1.807, 2.05) is 471 Å². The van der Waals surface area contributed by atoms with Crippen LogP contribution in [0.25, 0.3) is 21.5 Å². The second-order valence-electron chi connectivity index (χ2n) is 23.2. The molecule has 15 aromatic rings. The van der Waals surface area contributed by atoms with Crippen LogP contribution in [0.3, 0.4) is 0 Å². The number of hydrogen-bond donors (Lipinski definition) is 0. The molecule has 0 aliphatic heterocycles. The Morgan fingerprint density at radius 1 is 0.153 bits per heavy atom. The fourth-order valence-corrected chi connectivity index (χ4v) is 8.36. The molecular formula is C129H196O8. The molecule has 15 aromatic carbocycles. The van der Waals surface area contributed by atoms with Crippen molar-refractivity contribution in [3.05, 3.63) is 470 Å². The largest absolute Gasteiger partial charge is 0.497 e. The summed E-state index contributed by atoms with van der Waals surface area (Å²) >= 11 is 0. The number of para-hydroxylation sites is 4. The van der Waals surface area contributed by atoms with Gasteiger partial charge in [0.05, 0.1) is 28.4 Å². The molecule has 0 saturated carbocycles. The molecule has 0 radical (unpaired) electrons. The van der Waals surface area contributed by atoms with Crippen LogP contribution in [0.15, 0.2) is 437 Å². The maximum absolute atomic E-state index is 10.6. The molecule has 0 bridgehead atoms. The van der Waals surface area contributed by atoms with Crippen molar-refractivity contribution < 1.29 is 38.0 Å². The van der Waals surface area contributed by atoms with Crippen LogP contribution in [0.2, 0.25) is 0 Å². The molecule has 0 N–H and O–H groups in total. The molecule has 0 heterocycles. The van der Waals surface area contributed by atoms with Crippen molar-refractivity contribution in [1.29, 1.82) is 0 Å². The van der Waals surface area contributed by atoms with Crippen molar-refractivity contribution in [3.8, 4) is 23.0 Å². The van der Waals surface area contributed by atoms with Gasteiger partial charge in [0.2, 0.25) is 0 Å². The Morgan fingerprint density at radius 2 is 0.241 bits per heavy atom. The summed E-state index contributed by atoms with van der Waals surface area (Å²) in [6.07, 6.45) is 0. The lowest BCUT2D eigenvalue weighted by atomic mass is 10.1. The molecule has 0 atom stereocenters. The van der Waals surface area contributed by atoms with E-state index in [0.29, 0.717) is 0 Å². The standard InChI is InChI=1S/2C10H8.2C8H8O.4C7H8O.4C7H8.C6H6.2C2H6O.13C2H6.CH4/c2*1-2-6-10-8-4-3-7-9(10)5-1;2*1-7(9)8-5-3-2-4-6-8;4*1-8-7-5-3-2-4-6-7;4*1-7-5-3-2-4-6-7;1-2-4-6-5-3-1;2*1-3-2;13*1-2;/h2*1-8H;2*2-6H,1H3;4*2-6H,1H3;4*2-6H,1H3;1-6H;2*1-2H3;13*1-2H3;1H4. The minimum atomic E-state index is 0. The fourth-order valence-electron chi connectivity index (χ4n) is 8.36. The van der Waals surface area contributed by atoms with Crippen molar-refractivity contribution in [2.75, 3.05) is 56.9 Å². The van der Waals surface area contributed by atoms with E-state index in [1.165, 1.54) is 43.8 Å². The van der Waals surface area contributed by atoms with Crippen molar-refractivity contribution in [1.82, 2.24) is 0 Å². The van der Waals surface area contributed by atoms with Crippen molar-refractivity contribution in [2.24, 2.45) is 0 Å². The predicted octanol–water partition coefficient (Wildman–Crippen LogP) is 40.4. The van der Waals surface area contributed by atoms with Gasteiger partial charge in [0, 0.05) is 39.6 Å². The number of carbonyl (C=O) groups is 2. The summed E-state index contributed by atoms with van der Waals surface area (Å²) in [6.45, 7) is 63.5. The molecule has 8 nitrogen and oxygen atoms in total. The number of rotatable bonds is 6. The minimum absolute atomic E-state index is 0. The highest BCUT2D eigenvalue weighted by Gasteiger charge is 1.95. The zero-order valence-corrected chi connectivity index (χ0v) is 92.8. The highest BCUT2D eigenvalue weighted by atomic mass is 16.5. The summed E-state index contributed by atoms with van der Waals surface area (Å²) in [6, 6.07) is 144. The van der Waals surface area contributed by atoms with Crippen LogP contribution in [-0.4, -0.2) is 68.4 Å². The zero-order chi connectivity index (χ0) is 106. The molecule has 137 heavy (non-hydrogen) atoms. The number of benzene rings is 15. The molecule has 0 saturated heterocycles. The van der Waals surface area contributed by atoms with E-state index in [1.54, 1.807) is 70.7 Å². The maximum Gasteiger partial charge on any atom is 0.159 e. The van der Waals surface area contributed by atoms with Crippen LogP contribution >= 0.6 is 0 Å². The average Bonchev–Trinajstić information content (AvgIpc) is 0.874. The SMILES string of the molecule is C.CC.CC.CC.CC.CC.CC.CC.CC.CC.CC.CC.CC.CC.CC(=O)c1ccccc1.CC(=O)c1ccccc1.COC.COC.COc1ccccc1.COc1ccccc1.COc1ccccc1.COc1ccccc1.Cc1ccccc1.Cc1ccccc1.Cc1ccccc1.Cc1ccccc1.c1ccc2ccccc2c1.c1ccc2ccccc2c1.c1ccccc1. The summed E-state index contributed by atoms with van der Waals surface area (Å²) < 4.78 is 28.2. The Morgan fingerprint density at radius 3 is 0.314 bits per heavy atom. The first-order valence-corrected chi connectivity index (χ1v) is 48.9. The quantitative estimate of drug-likeness (QED) is 0.152. The predicted molar refractivity (Wildman–Crippen MR) is 624 cm³/mol. The number of ether oxygens (including phenoxy) is 6. The number of aryl methyl sites for hydroxylation is 4. The normalized spacial score (nSPS) is 7.62. The molecule has 0 aromatic heterocycles. The zero-order valence-electron chi connectivity index (χ0n) is 92.8. The lowest BCUT2D eigenvalue weighted by Crippen LogP contribution is -1.88. The van der Waals surface area contributed by atoms with Crippen molar-refractivity contribution in [2.45, 2.75) is 229 Å². The fraction of sp³-hybridized carbons (Fsp3) is 0.318. The van der Waals surface area contributed by atoms with Crippen molar-refractivity contribution >= 4 is 33.1 Å². The summed E-state index contributed by atoms with van der Waals surface area (Å²) in [5.74, 6) is 3.88. The van der Waals surface area contributed by atoms with E-state index in [9.17, 15) is 9.59 Å². The Bertz CT molecular complexity index is 3870. The molecule has 0 amide bonds. The maximum atomic E-state index is 10.6. The third kappa shape index (κ3) is 116. The number of ketones is 2. The molecule has 15 rings (SSSR count). The van der Waals surface area contributed by atoms with Crippen LogP contribution < -0.4 is 18.9 Å². The monoisotopic (exact) mass is 1870 g/mol. The highest BCUT2D eigenvalue weighted by Crippen LogP contribution is 2.14. The second kappa shape index (κ2) is 144. The van der Waals surface area contributed by atoms with Gasteiger partial charge in [0.15, 0.2) is 11.6 Å². The molecular weight excluding hydrogens is 1680 g/mol. The third-order valence-corrected chi connectivity index (χ3v) is 14.0. The Hall–Kier alpha value is -12.7. The van der Waals surface area contributed by atoms with Gasteiger partial charge in [-0.05, 0) is 112 Å². The van der Waals surface area contributed by atoms with Crippen LogP contribution in [-0.2, 0) is 9.47 Å². The first-order chi connectivity index (χ1) is 66.7. The molecule has 8 heteroatoms. The average molecular weight is 1870 g/mol. The van der Waals surface area contributed by atoms with Gasteiger partial charge in [0.25, 0.3) is 0 Å². The molecule has 0 aliphatic rings. The number of Topliss-reactive ketones (excluding diaryl/α,β-unsaturated/α-hetero) is 2. The van der Waals surface area contributed by atoms with Gasteiger partial charge >= 0.3 is 0 Å². The lowest BCUT2D eigenvalue weighted by Gasteiger charge is -1.93. The molecule has 0 fully saturated rings. The summed E-state index contributed by atoms with van der Waals surface area (Å²) in [5, 5.41) is 5.24. The number of carbonyl (C=O) groups excluding carboxylic acids is 2. The van der Waals surface area contributed by atoms with Crippen LogP contribution in [0, 0.1) is 27.7 Å². The van der Waals surface area contributed by atoms with Gasteiger partial charge in [-0.1, -0.05) is 598 Å². The van der Waals surface area contributed by atoms with E-state index >= 15 is 0 Å². The molecule has 760 valence electrons. The lowest BCUT2D eigenvalue weighted by molar-refractivity contribution is 0.100. The smallest absolute Gasteiger partial charge is 0.159 e. The third-order valence-electron chi connectivity index (χ3n) is 14.0. The number of hydrogen-bond acceptors (Lipinski definition) is 8. The van der Waals surface area contributed by atoms with Gasteiger partial charge in [-0.25, -0.2) is 0 Å². The second-order valence-corrected chi connectivity index (χ2v) is 23.2. The molecule has 0 aliphatic carbocycles. The van der Waals surface area contributed by atoms with E-state index in [2.05, 4.69) is 183 Å². The van der Waals surface area contributed by atoms with Crippen LogP contribution in [0.5, 0.6) is 23.0 Å². The van der Waals surface area contributed by atoms with E-state index in [-0.39, 0.29) is 19.0 Å². The van der Waals surface area contributed by atoms with Gasteiger partial charge < -0.3 is 28.4 Å².